The van der Waals surface area contributed by atoms with Gasteiger partial charge in [0.2, 0.25) is 0 Å². The smallest absolute Gasteiger partial charge is 0.276 e. The van der Waals surface area contributed by atoms with Crippen molar-refractivity contribution in [3.63, 3.8) is 0 Å². The molecule has 0 spiro atoms. The van der Waals surface area contributed by atoms with Crippen molar-refractivity contribution in [2.45, 2.75) is 0 Å². The molecule has 0 fully saturated rings. The number of methoxy groups -OCH3 is 1. The molecule has 0 saturated carbocycles. The minimum Gasteiger partial charge on any atom is -0.497 e. The number of carbonyl (C=O) groups excluding carboxylic acids is 1. The number of hydrogen-bond donors (Lipinski definition) is 1. The highest BCUT2D eigenvalue weighted by molar-refractivity contribution is 6.29. The zero-order valence-corrected chi connectivity index (χ0v) is 10.6. The summed E-state index contributed by atoms with van der Waals surface area (Å²) in [5.74, 6) is -0.730. The van der Waals surface area contributed by atoms with Crippen LogP contribution in [0.4, 0.5) is 10.1 Å². The molecule has 1 N–H and O–H groups in total. The molecule has 0 aliphatic heterocycles. The average Bonchev–Trinajstić information content (AvgIpc) is 2.38. The zero-order valence-electron chi connectivity index (χ0n) is 9.85. The van der Waals surface area contributed by atoms with Crippen LogP contribution in [0.2, 0.25) is 5.15 Å². The van der Waals surface area contributed by atoms with Gasteiger partial charge in [-0.15, -0.1) is 10.2 Å². The Hall–Kier alpha value is -2.21. The molecule has 0 aliphatic carbocycles. The second kappa shape index (κ2) is 5.62. The number of nitrogens with zero attached hydrogens (tertiary/aromatic N) is 2. The van der Waals surface area contributed by atoms with Crippen molar-refractivity contribution in [1.29, 1.82) is 0 Å². The van der Waals surface area contributed by atoms with E-state index in [2.05, 4.69) is 15.5 Å². The number of carbonyl (C=O) groups is 1. The lowest BCUT2D eigenvalue weighted by molar-refractivity contribution is 0.102. The molecule has 0 aliphatic rings. The van der Waals surface area contributed by atoms with Gasteiger partial charge in [-0.2, -0.15) is 0 Å². The third-order valence-electron chi connectivity index (χ3n) is 2.23. The number of halogens is 2. The fourth-order valence-electron chi connectivity index (χ4n) is 1.38. The third-order valence-corrected chi connectivity index (χ3v) is 2.43. The lowest BCUT2D eigenvalue weighted by Gasteiger charge is -2.06. The Labute approximate surface area is 113 Å². The number of nitrogens with one attached hydrogen (secondary N) is 1. The maximum atomic E-state index is 13.2. The predicted molar refractivity (Wildman–Crippen MR) is 67.9 cm³/mol. The summed E-state index contributed by atoms with van der Waals surface area (Å²) in [7, 11) is 1.41. The SMILES string of the molecule is COc1cc(F)cc(NC(=O)c2ccc(Cl)nn2)c1. The molecule has 7 heteroatoms. The molecule has 0 bridgehead atoms. The fourth-order valence-corrected chi connectivity index (χ4v) is 1.49. The lowest BCUT2D eigenvalue weighted by Crippen LogP contribution is -2.14. The van der Waals surface area contributed by atoms with E-state index < -0.39 is 11.7 Å². The van der Waals surface area contributed by atoms with Crippen molar-refractivity contribution in [1.82, 2.24) is 10.2 Å². The van der Waals surface area contributed by atoms with Crippen molar-refractivity contribution in [3.05, 3.63) is 47.0 Å². The molecule has 19 heavy (non-hydrogen) atoms. The van der Waals surface area contributed by atoms with Crippen LogP contribution in [0.5, 0.6) is 5.75 Å². The standard InChI is InChI=1S/C12H9ClFN3O2/c1-19-9-5-7(14)4-8(6-9)15-12(18)10-2-3-11(13)17-16-10/h2-6H,1H3,(H,15,18). The summed E-state index contributed by atoms with van der Waals surface area (Å²) in [5, 5.41) is 9.84. The summed E-state index contributed by atoms with van der Waals surface area (Å²) in [5.41, 5.74) is 0.339. The Bertz CT molecular complexity index is 604. The molecule has 1 amide bonds. The van der Waals surface area contributed by atoms with Gasteiger partial charge in [0, 0.05) is 17.8 Å². The molecular weight excluding hydrogens is 273 g/mol. The van der Waals surface area contributed by atoms with Gasteiger partial charge in [-0.3, -0.25) is 4.79 Å². The van der Waals surface area contributed by atoms with E-state index in [4.69, 9.17) is 16.3 Å². The number of benzene rings is 1. The highest BCUT2D eigenvalue weighted by atomic mass is 35.5. The maximum Gasteiger partial charge on any atom is 0.276 e. The van der Waals surface area contributed by atoms with Gasteiger partial charge in [-0.1, -0.05) is 11.6 Å². The average molecular weight is 282 g/mol. The quantitative estimate of drug-likeness (QED) is 0.939. The van der Waals surface area contributed by atoms with Crippen LogP contribution in [0, 0.1) is 5.82 Å². The van der Waals surface area contributed by atoms with E-state index in [9.17, 15) is 9.18 Å². The normalized spacial score (nSPS) is 10.1. The molecule has 1 aromatic carbocycles. The summed E-state index contributed by atoms with van der Waals surface area (Å²) in [4.78, 5) is 11.8. The van der Waals surface area contributed by atoms with Crippen LogP contribution >= 0.6 is 11.6 Å². The van der Waals surface area contributed by atoms with Gasteiger partial charge in [0.05, 0.1) is 7.11 Å². The van der Waals surface area contributed by atoms with Crippen LogP contribution in [0.1, 0.15) is 10.5 Å². The number of anilines is 1. The summed E-state index contributed by atoms with van der Waals surface area (Å²) >= 11 is 5.57. The maximum absolute atomic E-state index is 13.2. The number of ether oxygens (including phenoxy) is 1. The summed E-state index contributed by atoms with van der Waals surface area (Å²) in [6, 6.07) is 6.72. The molecule has 5 nitrogen and oxygen atoms in total. The highest BCUT2D eigenvalue weighted by Gasteiger charge is 2.10. The Balaban J connectivity index is 2.18. The topological polar surface area (TPSA) is 64.1 Å². The van der Waals surface area contributed by atoms with E-state index in [-0.39, 0.29) is 16.5 Å². The Morgan fingerprint density at radius 3 is 2.74 bits per heavy atom. The second-order valence-electron chi connectivity index (χ2n) is 3.58. The largest absolute Gasteiger partial charge is 0.497 e. The molecule has 1 aromatic heterocycles. The van der Waals surface area contributed by atoms with E-state index in [0.717, 1.165) is 0 Å². The molecule has 2 rings (SSSR count). The van der Waals surface area contributed by atoms with E-state index in [1.165, 1.54) is 37.4 Å². The molecular formula is C12H9ClFN3O2. The molecule has 0 saturated heterocycles. The monoisotopic (exact) mass is 281 g/mol. The minimum atomic E-state index is -0.517. The van der Waals surface area contributed by atoms with Gasteiger partial charge >= 0.3 is 0 Å². The van der Waals surface area contributed by atoms with Crippen molar-refractivity contribution < 1.29 is 13.9 Å². The Morgan fingerprint density at radius 2 is 2.11 bits per heavy atom. The van der Waals surface area contributed by atoms with E-state index >= 15 is 0 Å². The van der Waals surface area contributed by atoms with Crippen molar-refractivity contribution in [2.75, 3.05) is 12.4 Å². The minimum absolute atomic E-state index is 0.0765. The van der Waals surface area contributed by atoms with Gasteiger partial charge < -0.3 is 10.1 Å². The van der Waals surface area contributed by atoms with E-state index in [1.54, 1.807) is 0 Å². The number of rotatable bonds is 3. The van der Waals surface area contributed by atoms with Gasteiger partial charge in [0.25, 0.3) is 5.91 Å². The first kappa shape index (κ1) is 13.2. The lowest BCUT2D eigenvalue weighted by atomic mass is 10.2. The Kier molecular flexibility index (Phi) is 3.91. The molecule has 98 valence electrons. The van der Waals surface area contributed by atoms with Crippen molar-refractivity contribution >= 4 is 23.2 Å². The van der Waals surface area contributed by atoms with Gasteiger partial charge in [0.15, 0.2) is 10.8 Å². The summed E-state index contributed by atoms with van der Waals surface area (Å²) < 4.78 is 18.1. The molecule has 0 atom stereocenters. The van der Waals surface area contributed by atoms with E-state index in [1.807, 2.05) is 0 Å². The van der Waals surface area contributed by atoms with Crippen LogP contribution in [0.3, 0.4) is 0 Å². The first-order valence-electron chi connectivity index (χ1n) is 5.23. The molecule has 0 radical (unpaired) electrons. The summed E-state index contributed by atoms with van der Waals surface area (Å²) in [6.45, 7) is 0. The second-order valence-corrected chi connectivity index (χ2v) is 3.96. The molecule has 0 unspecified atom stereocenters. The fraction of sp³-hybridized carbons (Fsp3) is 0.0833. The van der Waals surface area contributed by atoms with Crippen LogP contribution < -0.4 is 10.1 Å². The zero-order chi connectivity index (χ0) is 13.8. The number of amides is 1. The van der Waals surface area contributed by atoms with Gasteiger partial charge in [0.1, 0.15) is 11.6 Å². The first-order valence-corrected chi connectivity index (χ1v) is 5.61. The van der Waals surface area contributed by atoms with Crippen molar-refractivity contribution in [3.8, 4) is 5.75 Å². The van der Waals surface area contributed by atoms with Crippen LogP contribution in [0.15, 0.2) is 30.3 Å². The van der Waals surface area contributed by atoms with Gasteiger partial charge in [-0.25, -0.2) is 4.39 Å². The predicted octanol–water partition coefficient (Wildman–Crippen LogP) is 2.53. The Morgan fingerprint density at radius 1 is 1.32 bits per heavy atom. The first-order chi connectivity index (χ1) is 9.08. The summed E-state index contributed by atoms with van der Waals surface area (Å²) in [6.07, 6.45) is 0. The molecule has 2 aromatic rings. The van der Waals surface area contributed by atoms with E-state index in [0.29, 0.717) is 5.75 Å². The molecule has 1 heterocycles. The van der Waals surface area contributed by atoms with Crippen molar-refractivity contribution in [2.24, 2.45) is 0 Å². The van der Waals surface area contributed by atoms with Gasteiger partial charge in [-0.05, 0) is 18.2 Å². The van der Waals surface area contributed by atoms with Crippen LogP contribution in [-0.2, 0) is 0 Å². The third kappa shape index (κ3) is 3.38. The number of aromatic nitrogens is 2. The van der Waals surface area contributed by atoms with Crippen LogP contribution in [-0.4, -0.2) is 23.2 Å². The van der Waals surface area contributed by atoms with Crippen LogP contribution in [0.25, 0.3) is 0 Å². The highest BCUT2D eigenvalue weighted by Crippen LogP contribution is 2.20. The number of hydrogen-bond acceptors (Lipinski definition) is 4.